The van der Waals surface area contributed by atoms with Gasteiger partial charge in [-0.15, -0.1) is 0 Å². The summed E-state index contributed by atoms with van der Waals surface area (Å²) in [7, 11) is 1.59. The third-order valence-electron chi connectivity index (χ3n) is 2.61. The van der Waals surface area contributed by atoms with E-state index in [-0.39, 0.29) is 6.03 Å². The Morgan fingerprint density at radius 3 is 2.45 bits per heavy atom. The highest BCUT2D eigenvalue weighted by atomic mass is 79.9. The summed E-state index contributed by atoms with van der Waals surface area (Å²) in [6.07, 6.45) is 0. The summed E-state index contributed by atoms with van der Waals surface area (Å²) in [5, 5.41) is 5.39. The van der Waals surface area contributed by atoms with Crippen LogP contribution in [0.2, 0.25) is 0 Å². The van der Waals surface area contributed by atoms with Crippen molar-refractivity contribution in [2.75, 3.05) is 17.7 Å². The number of pyridine rings is 1. The molecule has 2 N–H and O–H groups in total. The van der Waals surface area contributed by atoms with Crippen LogP contribution in [0.1, 0.15) is 5.69 Å². The smallest absolute Gasteiger partial charge is 0.324 e. The molecule has 0 aliphatic heterocycles. The first-order chi connectivity index (χ1) is 9.58. The molecule has 0 fully saturated rings. The third kappa shape index (κ3) is 3.71. The molecule has 0 radical (unpaired) electrons. The molecule has 0 unspecified atom stereocenters. The predicted molar refractivity (Wildman–Crippen MR) is 82.3 cm³/mol. The van der Waals surface area contributed by atoms with E-state index in [1.807, 2.05) is 13.0 Å². The third-order valence-corrected chi connectivity index (χ3v) is 3.45. The highest BCUT2D eigenvalue weighted by Gasteiger charge is 2.05. The topological polar surface area (TPSA) is 63.2 Å². The van der Waals surface area contributed by atoms with E-state index < -0.39 is 0 Å². The van der Waals surface area contributed by atoms with Crippen molar-refractivity contribution in [3.63, 3.8) is 0 Å². The van der Waals surface area contributed by atoms with Crippen LogP contribution < -0.4 is 15.4 Å². The Bertz CT molecular complexity index is 614. The fraction of sp³-hybridized carbons (Fsp3) is 0.143. The molecular formula is C14H14BrN3O2. The maximum atomic E-state index is 11.8. The molecule has 0 aliphatic carbocycles. The van der Waals surface area contributed by atoms with Crippen LogP contribution >= 0.6 is 15.9 Å². The van der Waals surface area contributed by atoms with Crippen molar-refractivity contribution < 1.29 is 9.53 Å². The zero-order chi connectivity index (χ0) is 14.5. The lowest BCUT2D eigenvalue weighted by Crippen LogP contribution is -2.20. The minimum absolute atomic E-state index is 0.343. The standard InChI is InChI=1S/C14H14BrN3O2/c1-9-12(15)7-8-13(16-9)18-14(19)17-10-3-5-11(20-2)6-4-10/h3-8H,1-2H3,(H2,16,17,18,19). The zero-order valence-electron chi connectivity index (χ0n) is 11.1. The summed E-state index contributed by atoms with van der Waals surface area (Å²) in [5.41, 5.74) is 1.49. The monoisotopic (exact) mass is 335 g/mol. The predicted octanol–water partition coefficient (Wildman–Crippen LogP) is 3.81. The van der Waals surface area contributed by atoms with Crippen molar-refractivity contribution in [1.82, 2.24) is 4.98 Å². The lowest BCUT2D eigenvalue weighted by molar-refractivity contribution is 0.262. The minimum atomic E-state index is -0.343. The van der Waals surface area contributed by atoms with Crippen LogP contribution in [-0.4, -0.2) is 18.1 Å². The van der Waals surface area contributed by atoms with Gasteiger partial charge in [-0.1, -0.05) is 0 Å². The van der Waals surface area contributed by atoms with Crippen LogP contribution in [0.4, 0.5) is 16.3 Å². The van der Waals surface area contributed by atoms with Gasteiger partial charge in [0.15, 0.2) is 0 Å². The van der Waals surface area contributed by atoms with E-state index in [0.717, 1.165) is 15.9 Å². The van der Waals surface area contributed by atoms with Gasteiger partial charge in [-0.2, -0.15) is 0 Å². The summed E-state index contributed by atoms with van der Waals surface area (Å²) in [5.74, 6) is 1.23. The number of rotatable bonds is 3. The number of amides is 2. The number of aryl methyl sites for hydroxylation is 1. The Labute approximate surface area is 125 Å². The summed E-state index contributed by atoms with van der Waals surface area (Å²) in [6.45, 7) is 1.86. The van der Waals surface area contributed by atoms with Gasteiger partial charge in [0.05, 0.1) is 12.8 Å². The number of carbonyl (C=O) groups is 1. The number of benzene rings is 1. The van der Waals surface area contributed by atoms with Gasteiger partial charge in [-0.05, 0) is 59.3 Å². The molecule has 2 amide bonds. The van der Waals surface area contributed by atoms with Gasteiger partial charge in [0, 0.05) is 10.2 Å². The minimum Gasteiger partial charge on any atom is -0.497 e. The van der Waals surface area contributed by atoms with Gasteiger partial charge in [0.1, 0.15) is 11.6 Å². The maximum Gasteiger partial charge on any atom is 0.324 e. The Morgan fingerprint density at radius 2 is 1.85 bits per heavy atom. The Morgan fingerprint density at radius 1 is 1.15 bits per heavy atom. The molecule has 0 atom stereocenters. The Kier molecular flexibility index (Phi) is 4.57. The Balaban J connectivity index is 1.99. The van der Waals surface area contributed by atoms with Gasteiger partial charge in [-0.25, -0.2) is 9.78 Å². The molecule has 1 aromatic carbocycles. The van der Waals surface area contributed by atoms with Crippen LogP contribution in [-0.2, 0) is 0 Å². The van der Waals surface area contributed by atoms with Gasteiger partial charge >= 0.3 is 6.03 Å². The molecule has 104 valence electrons. The molecule has 1 aromatic heterocycles. The van der Waals surface area contributed by atoms with Crippen molar-refractivity contribution in [1.29, 1.82) is 0 Å². The molecule has 2 rings (SSSR count). The first kappa shape index (κ1) is 14.3. The van der Waals surface area contributed by atoms with E-state index in [1.54, 1.807) is 37.4 Å². The van der Waals surface area contributed by atoms with Gasteiger partial charge in [-0.3, -0.25) is 5.32 Å². The molecule has 0 spiro atoms. The molecule has 0 aliphatic rings. The summed E-state index contributed by atoms with van der Waals surface area (Å²) in [4.78, 5) is 16.1. The average Bonchev–Trinajstić information content (AvgIpc) is 2.44. The van der Waals surface area contributed by atoms with Crippen LogP contribution in [0.5, 0.6) is 5.75 Å². The maximum absolute atomic E-state index is 11.8. The highest BCUT2D eigenvalue weighted by molar-refractivity contribution is 9.10. The van der Waals surface area contributed by atoms with Crippen LogP contribution in [0.25, 0.3) is 0 Å². The summed E-state index contributed by atoms with van der Waals surface area (Å²) >= 11 is 3.36. The SMILES string of the molecule is COc1ccc(NC(=O)Nc2ccc(Br)c(C)n2)cc1. The molecule has 5 nitrogen and oxygen atoms in total. The van der Waals surface area contributed by atoms with E-state index in [4.69, 9.17) is 4.74 Å². The molecule has 0 saturated carbocycles. The number of methoxy groups -OCH3 is 1. The fourth-order valence-electron chi connectivity index (χ4n) is 1.57. The quantitative estimate of drug-likeness (QED) is 0.896. The number of halogens is 1. The van der Waals surface area contributed by atoms with Crippen molar-refractivity contribution in [2.45, 2.75) is 6.92 Å². The van der Waals surface area contributed by atoms with Crippen LogP contribution in [0, 0.1) is 6.92 Å². The summed E-state index contributed by atoms with van der Waals surface area (Å²) < 4.78 is 5.95. The van der Waals surface area contributed by atoms with Crippen LogP contribution in [0.3, 0.4) is 0 Å². The van der Waals surface area contributed by atoms with E-state index in [0.29, 0.717) is 11.5 Å². The number of nitrogens with one attached hydrogen (secondary N) is 2. The van der Waals surface area contributed by atoms with Crippen LogP contribution in [0.15, 0.2) is 40.9 Å². The van der Waals surface area contributed by atoms with Crippen molar-refractivity contribution >= 4 is 33.5 Å². The van der Waals surface area contributed by atoms with Crippen molar-refractivity contribution in [3.8, 4) is 5.75 Å². The van der Waals surface area contributed by atoms with Gasteiger partial charge in [0.2, 0.25) is 0 Å². The molecule has 6 heteroatoms. The fourth-order valence-corrected chi connectivity index (χ4v) is 1.79. The second kappa shape index (κ2) is 6.38. The number of carbonyl (C=O) groups excluding carboxylic acids is 1. The van der Waals surface area contributed by atoms with Crippen molar-refractivity contribution in [3.05, 3.63) is 46.6 Å². The normalized spacial score (nSPS) is 9.95. The number of hydrogen-bond acceptors (Lipinski definition) is 3. The van der Waals surface area contributed by atoms with Crippen molar-refractivity contribution in [2.24, 2.45) is 0 Å². The molecule has 2 aromatic rings. The first-order valence-corrected chi connectivity index (χ1v) is 6.73. The lowest BCUT2D eigenvalue weighted by Gasteiger charge is -2.08. The number of hydrogen-bond donors (Lipinski definition) is 2. The van der Waals surface area contributed by atoms with Gasteiger partial charge in [0.25, 0.3) is 0 Å². The van der Waals surface area contributed by atoms with E-state index in [9.17, 15) is 4.79 Å². The number of aromatic nitrogens is 1. The summed E-state index contributed by atoms with van der Waals surface area (Å²) in [6, 6.07) is 10.3. The zero-order valence-corrected chi connectivity index (χ0v) is 12.7. The average molecular weight is 336 g/mol. The van der Waals surface area contributed by atoms with E-state index >= 15 is 0 Å². The highest BCUT2D eigenvalue weighted by Crippen LogP contribution is 2.17. The number of urea groups is 1. The molecule has 1 heterocycles. The second-order valence-corrected chi connectivity index (χ2v) is 4.93. The number of anilines is 2. The molecule has 0 bridgehead atoms. The van der Waals surface area contributed by atoms with E-state index in [2.05, 4.69) is 31.5 Å². The Hall–Kier alpha value is -2.08. The molecule has 20 heavy (non-hydrogen) atoms. The number of nitrogens with zero attached hydrogens (tertiary/aromatic N) is 1. The lowest BCUT2D eigenvalue weighted by atomic mass is 10.3. The van der Waals surface area contributed by atoms with Gasteiger partial charge < -0.3 is 10.1 Å². The largest absolute Gasteiger partial charge is 0.497 e. The molecule has 0 saturated heterocycles. The molecular weight excluding hydrogens is 322 g/mol. The van der Waals surface area contributed by atoms with E-state index in [1.165, 1.54) is 0 Å². The second-order valence-electron chi connectivity index (χ2n) is 4.07. The first-order valence-electron chi connectivity index (χ1n) is 5.93. The number of ether oxygens (including phenoxy) is 1.